The van der Waals surface area contributed by atoms with E-state index in [2.05, 4.69) is 20.7 Å². The second-order valence-electron chi connectivity index (χ2n) is 4.23. The van der Waals surface area contributed by atoms with Gasteiger partial charge in [0, 0.05) is 15.1 Å². The minimum absolute atomic E-state index is 0.207. The van der Waals surface area contributed by atoms with Crippen LogP contribution in [0.4, 0.5) is 13.2 Å². The highest BCUT2D eigenvalue weighted by molar-refractivity contribution is 9.10. The standard InChI is InChI=1S/C14H10BrClF3NO/c15-8-5-6-9(11(16)7-8)13(20)10-3-1-2-4-12(10)21-14(17,18)19/h1-7,13H,20H2. The lowest BCUT2D eigenvalue weighted by Gasteiger charge is -2.19. The number of alkyl halides is 3. The maximum Gasteiger partial charge on any atom is 0.573 e. The Hall–Kier alpha value is -1.24. The van der Waals surface area contributed by atoms with Crippen molar-refractivity contribution in [3.05, 3.63) is 63.1 Å². The van der Waals surface area contributed by atoms with Gasteiger partial charge in [0.15, 0.2) is 0 Å². The molecule has 0 radical (unpaired) electrons. The largest absolute Gasteiger partial charge is 0.573 e. The third kappa shape index (κ3) is 4.12. The highest BCUT2D eigenvalue weighted by Gasteiger charge is 2.32. The molecule has 21 heavy (non-hydrogen) atoms. The third-order valence-corrected chi connectivity index (χ3v) is 3.60. The Morgan fingerprint density at radius 2 is 1.76 bits per heavy atom. The second-order valence-corrected chi connectivity index (χ2v) is 5.55. The van der Waals surface area contributed by atoms with E-state index in [1.54, 1.807) is 24.3 Å². The Kier molecular flexibility index (Phi) is 4.81. The van der Waals surface area contributed by atoms with Crippen molar-refractivity contribution in [1.29, 1.82) is 0 Å². The predicted molar refractivity (Wildman–Crippen MR) is 78.3 cm³/mol. The summed E-state index contributed by atoms with van der Waals surface area (Å²) in [5.74, 6) is -0.337. The van der Waals surface area contributed by atoms with E-state index in [1.165, 1.54) is 18.2 Å². The first-order valence-corrected chi connectivity index (χ1v) is 7.00. The van der Waals surface area contributed by atoms with Gasteiger partial charge in [-0.1, -0.05) is 51.8 Å². The number of halogens is 5. The van der Waals surface area contributed by atoms with E-state index in [1.807, 2.05) is 0 Å². The average molecular weight is 381 g/mol. The van der Waals surface area contributed by atoms with Crippen molar-refractivity contribution in [3.8, 4) is 5.75 Å². The Morgan fingerprint density at radius 1 is 1.10 bits per heavy atom. The Balaban J connectivity index is 2.41. The summed E-state index contributed by atoms with van der Waals surface area (Å²) in [5, 5.41) is 0.360. The maximum absolute atomic E-state index is 12.4. The minimum Gasteiger partial charge on any atom is -0.405 e. The zero-order valence-corrected chi connectivity index (χ0v) is 12.8. The molecule has 2 nitrogen and oxygen atoms in total. The van der Waals surface area contributed by atoms with Crippen LogP contribution in [0.3, 0.4) is 0 Å². The third-order valence-electron chi connectivity index (χ3n) is 2.78. The lowest BCUT2D eigenvalue weighted by Crippen LogP contribution is -2.20. The molecule has 2 aromatic carbocycles. The van der Waals surface area contributed by atoms with Crippen LogP contribution < -0.4 is 10.5 Å². The van der Waals surface area contributed by atoms with Crippen molar-refractivity contribution in [2.75, 3.05) is 0 Å². The minimum atomic E-state index is -4.78. The van der Waals surface area contributed by atoms with Crippen molar-refractivity contribution in [2.45, 2.75) is 12.4 Å². The first-order chi connectivity index (χ1) is 9.78. The second kappa shape index (κ2) is 6.25. The van der Waals surface area contributed by atoms with Crippen LogP contribution in [0, 0.1) is 0 Å². The van der Waals surface area contributed by atoms with Crippen molar-refractivity contribution in [3.63, 3.8) is 0 Å². The molecule has 0 aliphatic rings. The van der Waals surface area contributed by atoms with E-state index in [9.17, 15) is 13.2 Å². The number of ether oxygens (including phenoxy) is 1. The monoisotopic (exact) mass is 379 g/mol. The van der Waals surface area contributed by atoms with E-state index in [-0.39, 0.29) is 11.3 Å². The van der Waals surface area contributed by atoms with E-state index in [0.29, 0.717) is 10.6 Å². The van der Waals surface area contributed by atoms with Gasteiger partial charge in [-0.2, -0.15) is 0 Å². The number of benzene rings is 2. The highest BCUT2D eigenvalue weighted by Crippen LogP contribution is 2.35. The Morgan fingerprint density at radius 3 is 2.38 bits per heavy atom. The number of nitrogens with two attached hydrogens (primary N) is 1. The van der Waals surface area contributed by atoms with Crippen molar-refractivity contribution >= 4 is 27.5 Å². The van der Waals surface area contributed by atoms with Crippen LogP contribution in [0.25, 0.3) is 0 Å². The van der Waals surface area contributed by atoms with Crippen LogP contribution in [0.1, 0.15) is 17.2 Å². The molecule has 0 aromatic heterocycles. The number of hydrogen-bond acceptors (Lipinski definition) is 2. The molecule has 2 aromatic rings. The quantitative estimate of drug-likeness (QED) is 0.809. The molecule has 0 heterocycles. The molecule has 1 unspecified atom stereocenters. The van der Waals surface area contributed by atoms with Crippen LogP contribution >= 0.6 is 27.5 Å². The normalized spacial score (nSPS) is 13.0. The van der Waals surface area contributed by atoms with Crippen LogP contribution in [-0.4, -0.2) is 6.36 Å². The van der Waals surface area contributed by atoms with Gasteiger partial charge >= 0.3 is 6.36 Å². The van der Waals surface area contributed by atoms with Gasteiger partial charge in [-0.15, -0.1) is 13.2 Å². The molecule has 112 valence electrons. The summed E-state index contributed by atoms with van der Waals surface area (Å²) in [6.07, 6.45) is -4.78. The maximum atomic E-state index is 12.4. The Bertz CT molecular complexity index is 648. The summed E-state index contributed by atoms with van der Waals surface area (Å²) in [6, 6.07) is 9.90. The SMILES string of the molecule is NC(c1ccc(Br)cc1Cl)c1ccccc1OC(F)(F)F. The molecule has 0 aliphatic carbocycles. The molecule has 0 saturated heterocycles. The number of rotatable bonds is 3. The average Bonchev–Trinajstić information content (AvgIpc) is 2.36. The van der Waals surface area contributed by atoms with Gasteiger partial charge in [0.25, 0.3) is 0 Å². The topological polar surface area (TPSA) is 35.2 Å². The van der Waals surface area contributed by atoms with Crippen LogP contribution in [-0.2, 0) is 0 Å². The van der Waals surface area contributed by atoms with Gasteiger partial charge in [-0.25, -0.2) is 0 Å². The number of hydrogen-bond donors (Lipinski definition) is 1. The van der Waals surface area contributed by atoms with Gasteiger partial charge in [-0.3, -0.25) is 0 Å². The first kappa shape index (κ1) is 16.1. The fraction of sp³-hybridized carbons (Fsp3) is 0.143. The molecule has 2 rings (SSSR count). The van der Waals surface area contributed by atoms with E-state index < -0.39 is 12.4 Å². The predicted octanol–water partition coefficient (Wildman–Crippen LogP) is 5.05. The van der Waals surface area contributed by atoms with Gasteiger partial charge in [0.2, 0.25) is 0 Å². The number of para-hydroxylation sites is 1. The van der Waals surface area contributed by atoms with E-state index in [0.717, 1.165) is 4.47 Å². The van der Waals surface area contributed by atoms with Crippen LogP contribution in [0.15, 0.2) is 46.9 Å². The highest BCUT2D eigenvalue weighted by atomic mass is 79.9. The molecule has 0 aliphatic heterocycles. The molecule has 0 fully saturated rings. The lowest BCUT2D eigenvalue weighted by atomic mass is 9.99. The fourth-order valence-electron chi connectivity index (χ4n) is 1.88. The molecule has 0 saturated carbocycles. The summed E-state index contributed by atoms with van der Waals surface area (Å²) in [7, 11) is 0. The fourth-order valence-corrected chi connectivity index (χ4v) is 2.67. The van der Waals surface area contributed by atoms with Crippen molar-refractivity contribution in [1.82, 2.24) is 0 Å². The first-order valence-electron chi connectivity index (χ1n) is 5.83. The summed E-state index contributed by atoms with van der Waals surface area (Å²) < 4.78 is 42.0. The molecule has 0 amide bonds. The molecule has 0 spiro atoms. The zero-order chi connectivity index (χ0) is 15.6. The van der Waals surface area contributed by atoms with Gasteiger partial charge in [-0.05, 0) is 23.8 Å². The Labute approximate surface area is 132 Å². The summed E-state index contributed by atoms with van der Waals surface area (Å²) >= 11 is 9.34. The molecule has 7 heteroatoms. The van der Waals surface area contributed by atoms with Crippen LogP contribution in [0.5, 0.6) is 5.75 Å². The smallest absolute Gasteiger partial charge is 0.405 e. The van der Waals surface area contributed by atoms with Gasteiger partial charge in [0.1, 0.15) is 5.75 Å². The lowest BCUT2D eigenvalue weighted by molar-refractivity contribution is -0.274. The molecule has 1 atom stereocenters. The van der Waals surface area contributed by atoms with E-state index >= 15 is 0 Å². The molecular weight excluding hydrogens is 371 g/mol. The molecule has 0 bridgehead atoms. The van der Waals surface area contributed by atoms with E-state index in [4.69, 9.17) is 17.3 Å². The zero-order valence-electron chi connectivity index (χ0n) is 10.5. The van der Waals surface area contributed by atoms with Crippen LogP contribution in [0.2, 0.25) is 5.02 Å². The summed E-state index contributed by atoms with van der Waals surface area (Å²) in [5.41, 5.74) is 6.76. The molecule has 2 N–H and O–H groups in total. The van der Waals surface area contributed by atoms with Gasteiger partial charge in [0.05, 0.1) is 6.04 Å². The molecular formula is C14H10BrClF3NO. The van der Waals surface area contributed by atoms with Crippen molar-refractivity contribution in [2.24, 2.45) is 5.73 Å². The van der Waals surface area contributed by atoms with Crippen molar-refractivity contribution < 1.29 is 17.9 Å². The van der Waals surface area contributed by atoms with Gasteiger partial charge < -0.3 is 10.5 Å². The summed E-state index contributed by atoms with van der Waals surface area (Å²) in [6.45, 7) is 0. The summed E-state index contributed by atoms with van der Waals surface area (Å²) in [4.78, 5) is 0.